The summed E-state index contributed by atoms with van der Waals surface area (Å²) in [6.45, 7) is 16.4. The maximum Gasteiger partial charge on any atom is 0.254 e. The summed E-state index contributed by atoms with van der Waals surface area (Å²) in [5, 5.41) is 0. The number of hydrogen-bond donors (Lipinski definition) is 0. The van der Waals surface area contributed by atoms with Gasteiger partial charge in [-0.05, 0) is 74.9 Å². The van der Waals surface area contributed by atoms with E-state index < -0.39 is 0 Å². The molecule has 2 fully saturated rings. The summed E-state index contributed by atoms with van der Waals surface area (Å²) in [6.07, 6.45) is 10.3. The van der Waals surface area contributed by atoms with Gasteiger partial charge >= 0.3 is 0 Å². The van der Waals surface area contributed by atoms with Crippen molar-refractivity contribution in [2.45, 2.75) is 78.3 Å². The molecule has 0 N–H and O–H groups in total. The summed E-state index contributed by atoms with van der Waals surface area (Å²) in [7, 11) is 0. The number of benzene rings is 4. The zero-order valence-electron chi connectivity index (χ0n) is 33.9. The molecule has 0 spiro atoms. The number of quaternary nitrogens is 2. The number of hydrogen-bond acceptors (Lipinski definition) is 2. The molecular weight excluding hydrogens is 735 g/mol. The fourth-order valence-electron chi connectivity index (χ4n) is 8.89. The molecule has 0 saturated carbocycles. The Balaban J connectivity index is 0.00000348. The van der Waals surface area contributed by atoms with E-state index in [4.69, 9.17) is 0 Å². The molecule has 302 valence electrons. The molecule has 2 aliphatic heterocycles. The minimum atomic E-state index is 0. The van der Waals surface area contributed by atoms with Crippen molar-refractivity contribution in [1.29, 1.82) is 0 Å². The van der Waals surface area contributed by atoms with Crippen LogP contribution in [0.5, 0.6) is 0 Å². The molecule has 6 nitrogen and oxygen atoms in total. The highest BCUT2D eigenvalue weighted by Crippen LogP contribution is 2.26. The molecule has 0 aliphatic carbocycles. The van der Waals surface area contributed by atoms with E-state index in [-0.39, 0.29) is 36.6 Å². The van der Waals surface area contributed by atoms with Gasteiger partial charge in [0.1, 0.15) is 13.1 Å². The Hall–Kier alpha value is -3.68. The molecule has 0 aromatic heterocycles. The summed E-state index contributed by atoms with van der Waals surface area (Å²) < 4.78 is 2.17. The van der Waals surface area contributed by atoms with Crippen LogP contribution in [0.25, 0.3) is 0 Å². The Morgan fingerprint density at radius 3 is 1.09 bits per heavy atom. The zero-order valence-corrected chi connectivity index (χ0v) is 35.4. The van der Waals surface area contributed by atoms with Gasteiger partial charge in [-0.25, -0.2) is 0 Å². The third kappa shape index (κ3) is 12.4. The first-order chi connectivity index (χ1) is 26.4. The van der Waals surface area contributed by atoms with Crippen LogP contribution in [0.2, 0.25) is 0 Å². The van der Waals surface area contributed by atoms with Crippen molar-refractivity contribution in [2.75, 3.05) is 65.4 Å². The molecule has 0 atom stereocenters. The third-order valence-electron chi connectivity index (χ3n) is 12.5. The van der Waals surface area contributed by atoms with Gasteiger partial charge in [0.15, 0.2) is 0 Å². The van der Waals surface area contributed by atoms with E-state index in [2.05, 4.69) is 72.2 Å². The van der Waals surface area contributed by atoms with Gasteiger partial charge in [-0.15, -0.1) is 0 Å². The minimum absolute atomic E-state index is 0. The average molecular weight is 800 g/mol. The number of amides is 2. The lowest BCUT2D eigenvalue weighted by atomic mass is 10.0. The van der Waals surface area contributed by atoms with Gasteiger partial charge in [0, 0.05) is 22.3 Å². The van der Waals surface area contributed by atoms with E-state index in [0.29, 0.717) is 0 Å². The summed E-state index contributed by atoms with van der Waals surface area (Å²) in [4.78, 5) is 30.6. The van der Waals surface area contributed by atoms with Crippen LogP contribution in [0.15, 0.2) is 109 Å². The monoisotopic (exact) mass is 798 g/mol. The molecule has 4 aromatic rings. The molecule has 0 bridgehead atoms. The average Bonchev–Trinajstić information content (AvgIpc) is 3.21. The second kappa shape index (κ2) is 22.3. The smallest absolute Gasteiger partial charge is 0.254 e. The molecule has 0 radical (unpaired) electrons. The number of unbranched alkanes of at least 4 members (excludes halogenated alkanes) is 7. The minimum Gasteiger partial charge on any atom is -1.00 e. The molecule has 2 heterocycles. The maximum absolute atomic E-state index is 13.2. The normalized spacial score (nSPS) is 16.0. The first kappa shape index (κ1) is 45.0. The van der Waals surface area contributed by atoms with Crippen LogP contribution >= 0.6 is 0 Å². The second-order valence-electron chi connectivity index (χ2n) is 16.3. The van der Waals surface area contributed by atoms with Gasteiger partial charge in [0.05, 0.1) is 65.4 Å². The van der Waals surface area contributed by atoms with Gasteiger partial charge in [0.25, 0.3) is 11.8 Å². The number of piperazine rings is 2. The van der Waals surface area contributed by atoms with E-state index in [1.165, 1.54) is 86.7 Å². The van der Waals surface area contributed by atoms with Crippen molar-refractivity contribution < 1.29 is 43.4 Å². The Kier molecular flexibility index (Phi) is 17.9. The molecule has 2 saturated heterocycles. The topological polar surface area (TPSA) is 40.6 Å². The van der Waals surface area contributed by atoms with Crippen LogP contribution in [0, 0.1) is 13.8 Å². The fourth-order valence-corrected chi connectivity index (χ4v) is 8.89. The van der Waals surface area contributed by atoms with Gasteiger partial charge in [-0.2, -0.15) is 0 Å². The molecule has 2 aliphatic rings. The van der Waals surface area contributed by atoms with Crippen LogP contribution in [0.1, 0.15) is 94.3 Å². The Bertz CT molecular complexity index is 1640. The molecule has 2 amide bonds. The van der Waals surface area contributed by atoms with Gasteiger partial charge < -0.3 is 43.6 Å². The number of carbonyl (C=O) groups is 2. The number of carbonyl (C=O) groups excluding carboxylic acids is 2. The zero-order chi connectivity index (χ0) is 37.6. The standard InChI is InChI=1S/C48H64N4O2.2ClH/c1-41-21-15-17-27-45(41)39-51(35-29-49(30-36-51)47(53)43-23-11-9-12-24-43)33-19-7-5-3-4-6-8-20-34-52(40-46-28-18-16-22-42(46)2)37-31-50(32-38-52)48(54)44-25-13-10-14-26-44;;/h9-18,21-28H,3-8,19-20,29-40H2,1-2H3;2*1H/q+2;;/p-2. The quantitative estimate of drug-likeness (QED) is 0.122. The lowest BCUT2D eigenvalue weighted by molar-refractivity contribution is -0.944. The van der Waals surface area contributed by atoms with Gasteiger partial charge in [0.2, 0.25) is 0 Å². The predicted molar refractivity (Wildman–Crippen MR) is 221 cm³/mol. The van der Waals surface area contributed by atoms with Crippen LogP contribution in [0.3, 0.4) is 0 Å². The summed E-state index contributed by atoms with van der Waals surface area (Å²) in [5.41, 5.74) is 7.25. The number of aryl methyl sites for hydroxylation is 2. The molecule has 6 rings (SSSR count). The van der Waals surface area contributed by atoms with Crippen molar-refractivity contribution in [3.8, 4) is 0 Å². The fraction of sp³-hybridized carbons (Fsp3) is 0.458. The highest BCUT2D eigenvalue weighted by Gasteiger charge is 2.36. The predicted octanol–water partition coefficient (Wildman–Crippen LogP) is 3.08. The van der Waals surface area contributed by atoms with Crippen molar-refractivity contribution in [2.24, 2.45) is 0 Å². The lowest BCUT2D eigenvalue weighted by Crippen LogP contribution is -3.00. The SMILES string of the molecule is Cc1ccccc1C[N+]1(CCCCCCCCCC[N+]2(Cc3ccccc3C)CCN(C(=O)c3ccccc3)CC2)CCN(C(=O)c2ccccc2)CC1.[Cl-].[Cl-]. The molecular formula is C48H64Cl2N4O2. The van der Waals surface area contributed by atoms with E-state index in [1.807, 2.05) is 60.7 Å². The van der Waals surface area contributed by atoms with Crippen LogP contribution in [-0.4, -0.2) is 96.0 Å². The highest BCUT2D eigenvalue weighted by atomic mass is 35.5. The largest absolute Gasteiger partial charge is 1.00 e. The van der Waals surface area contributed by atoms with E-state index in [0.717, 1.165) is 85.5 Å². The Morgan fingerprint density at radius 1 is 0.446 bits per heavy atom. The van der Waals surface area contributed by atoms with E-state index >= 15 is 0 Å². The summed E-state index contributed by atoms with van der Waals surface area (Å²) >= 11 is 0. The summed E-state index contributed by atoms with van der Waals surface area (Å²) in [6, 6.07) is 37.3. The van der Waals surface area contributed by atoms with Crippen molar-refractivity contribution >= 4 is 11.8 Å². The van der Waals surface area contributed by atoms with E-state index in [1.54, 1.807) is 0 Å². The highest BCUT2D eigenvalue weighted by molar-refractivity contribution is 5.94. The van der Waals surface area contributed by atoms with Crippen molar-refractivity contribution in [3.05, 3.63) is 143 Å². The molecule has 8 heteroatoms. The van der Waals surface area contributed by atoms with Crippen molar-refractivity contribution in [3.63, 3.8) is 0 Å². The Morgan fingerprint density at radius 2 is 0.750 bits per heavy atom. The van der Waals surface area contributed by atoms with Crippen LogP contribution in [-0.2, 0) is 13.1 Å². The summed E-state index contributed by atoms with van der Waals surface area (Å²) in [5.74, 6) is 0.343. The first-order valence-electron chi connectivity index (χ1n) is 20.8. The lowest BCUT2D eigenvalue weighted by Gasteiger charge is -2.45. The first-order valence-corrected chi connectivity index (χ1v) is 20.8. The maximum atomic E-state index is 13.2. The molecule has 4 aromatic carbocycles. The van der Waals surface area contributed by atoms with Crippen LogP contribution in [0.4, 0.5) is 0 Å². The number of nitrogens with zero attached hydrogens (tertiary/aromatic N) is 4. The number of rotatable bonds is 17. The van der Waals surface area contributed by atoms with Gasteiger partial charge in [-0.1, -0.05) is 111 Å². The molecule has 56 heavy (non-hydrogen) atoms. The third-order valence-corrected chi connectivity index (χ3v) is 12.5. The Labute approximate surface area is 349 Å². The van der Waals surface area contributed by atoms with E-state index in [9.17, 15) is 9.59 Å². The molecule has 0 unspecified atom stereocenters. The van der Waals surface area contributed by atoms with Crippen molar-refractivity contribution in [1.82, 2.24) is 9.80 Å². The second-order valence-corrected chi connectivity index (χ2v) is 16.3. The van der Waals surface area contributed by atoms with Crippen LogP contribution < -0.4 is 24.8 Å². The van der Waals surface area contributed by atoms with Gasteiger partial charge in [-0.3, -0.25) is 9.59 Å². The number of halogens is 2.